The quantitative estimate of drug-likeness (QED) is 0.852. The molecule has 1 amide bonds. The van der Waals surface area contributed by atoms with Crippen molar-refractivity contribution < 1.29 is 4.79 Å². The Morgan fingerprint density at radius 3 is 2.42 bits per heavy atom. The zero-order valence-corrected chi connectivity index (χ0v) is 12.0. The molecule has 1 saturated carbocycles. The van der Waals surface area contributed by atoms with Gasteiger partial charge in [-0.25, -0.2) is 0 Å². The molecule has 104 valence electrons. The fourth-order valence-corrected chi connectivity index (χ4v) is 2.64. The number of hydrogen-bond acceptors (Lipinski definition) is 2. The number of amides is 1. The van der Waals surface area contributed by atoms with Crippen molar-refractivity contribution in [2.75, 3.05) is 11.9 Å². The van der Waals surface area contributed by atoms with Crippen LogP contribution in [0.25, 0.3) is 0 Å². The lowest BCUT2D eigenvalue weighted by molar-refractivity contribution is -0.124. The molecule has 0 aliphatic heterocycles. The lowest BCUT2D eigenvalue weighted by atomic mass is 9.88. The molecule has 0 saturated heterocycles. The number of carbonyl (C=O) groups is 1. The SMILES string of the molecule is CCNCc1ccc(NC(=O)C2(C)CCCC2)cc1. The number of carbonyl (C=O) groups excluding carboxylic acids is 1. The van der Waals surface area contributed by atoms with Crippen molar-refractivity contribution in [1.29, 1.82) is 0 Å². The van der Waals surface area contributed by atoms with E-state index in [9.17, 15) is 4.79 Å². The van der Waals surface area contributed by atoms with Crippen LogP contribution in [0.5, 0.6) is 0 Å². The highest BCUT2D eigenvalue weighted by atomic mass is 16.2. The molecule has 2 rings (SSSR count). The fraction of sp³-hybridized carbons (Fsp3) is 0.562. The molecule has 0 radical (unpaired) electrons. The van der Waals surface area contributed by atoms with E-state index in [1.165, 1.54) is 18.4 Å². The summed E-state index contributed by atoms with van der Waals surface area (Å²) < 4.78 is 0. The molecule has 1 aliphatic rings. The van der Waals surface area contributed by atoms with Gasteiger partial charge in [-0.05, 0) is 37.1 Å². The van der Waals surface area contributed by atoms with Crippen molar-refractivity contribution in [1.82, 2.24) is 5.32 Å². The van der Waals surface area contributed by atoms with Crippen LogP contribution in [-0.4, -0.2) is 12.5 Å². The van der Waals surface area contributed by atoms with Gasteiger partial charge >= 0.3 is 0 Å². The molecular weight excluding hydrogens is 236 g/mol. The normalized spacial score (nSPS) is 17.4. The van der Waals surface area contributed by atoms with Crippen LogP contribution < -0.4 is 10.6 Å². The molecule has 3 nitrogen and oxygen atoms in total. The zero-order chi connectivity index (χ0) is 13.7. The minimum atomic E-state index is -0.164. The van der Waals surface area contributed by atoms with E-state index in [1.807, 2.05) is 12.1 Å². The molecule has 19 heavy (non-hydrogen) atoms. The summed E-state index contributed by atoms with van der Waals surface area (Å²) in [5, 5.41) is 6.34. The molecule has 0 aromatic heterocycles. The third kappa shape index (κ3) is 3.57. The highest BCUT2D eigenvalue weighted by Gasteiger charge is 2.36. The van der Waals surface area contributed by atoms with Crippen molar-refractivity contribution in [2.45, 2.75) is 46.1 Å². The van der Waals surface area contributed by atoms with Gasteiger partial charge in [0, 0.05) is 17.6 Å². The highest BCUT2D eigenvalue weighted by Crippen LogP contribution is 2.38. The summed E-state index contributed by atoms with van der Waals surface area (Å²) in [6.07, 6.45) is 4.37. The number of hydrogen-bond donors (Lipinski definition) is 2. The molecule has 1 aromatic rings. The number of benzene rings is 1. The van der Waals surface area contributed by atoms with Crippen LogP contribution in [0, 0.1) is 5.41 Å². The van der Waals surface area contributed by atoms with Crippen molar-refractivity contribution >= 4 is 11.6 Å². The minimum absolute atomic E-state index is 0.164. The Labute approximate surface area is 115 Å². The molecule has 0 spiro atoms. The molecule has 0 atom stereocenters. The predicted molar refractivity (Wildman–Crippen MR) is 79.0 cm³/mol. The van der Waals surface area contributed by atoms with Gasteiger partial charge in [-0.3, -0.25) is 4.79 Å². The molecule has 3 heteroatoms. The first-order valence-electron chi connectivity index (χ1n) is 7.25. The predicted octanol–water partition coefficient (Wildman–Crippen LogP) is 3.31. The Kier molecular flexibility index (Phi) is 4.59. The van der Waals surface area contributed by atoms with Crippen LogP contribution in [-0.2, 0) is 11.3 Å². The Morgan fingerprint density at radius 1 is 1.21 bits per heavy atom. The molecule has 0 heterocycles. The van der Waals surface area contributed by atoms with Gasteiger partial charge < -0.3 is 10.6 Å². The smallest absolute Gasteiger partial charge is 0.230 e. The van der Waals surface area contributed by atoms with Crippen molar-refractivity contribution in [2.24, 2.45) is 5.41 Å². The van der Waals surface area contributed by atoms with E-state index >= 15 is 0 Å². The maximum atomic E-state index is 12.3. The van der Waals surface area contributed by atoms with Gasteiger partial charge in [0.05, 0.1) is 0 Å². The maximum Gasteiger partial charge on any atom is 0.230 e. The van der Waals surface area contributed by atoms with Crippen molar-refractivity contribution in [3.63, 3.8) is 0 Å². The summed E-state index contributed by atoms with van der Waals surface area (Å²) >= 11 is 0. The molecule has 1 aliphatic carbocycles. The second kappa shape index (κ2) is 6.20. The minimum Gasteiger partial charge on any atom is -0.326 e. The number of rotatable bonds is 5. The Bertz CT molecular complexity index is 419. The van der Waals surface area contributed by atoms with E-state index in [0.29, 0.717) is 0 Å². The van der Waals surface area contributed by atoms with E-state index in [1.54, 1.807) is 0 Å². The van der Waals surface area contributed by atoms with Crippen LogP contribution in [0.4, 0.5) is 5.69 Å². The third-order valence-electron chi connectivity index (χ3n) is 4.05. The third-order valence-corrected chi connectivity index (χ3v) is 4.05. The van der Waals surface area contributed by atoms with Crippen LogP contribution in [0.2, 0.25) is 0 Å². The fourth-order valence-electron chi connectivity index (χ4n) is 2.64. The van der Waals surface area contributed by atoms with Crippen LogP contribution in [0.3, 0.4) is 0 Å². The second-order valence-corrected chi connectivity index (χ2v) is 5.70. The maximum absolute atomic E-state index is 12.3. The molecule has 0 unspecified atom stereocenters. The van der Waals surface area contributed by atoms with Crippen molar-refractivity contribution in [3.8, 4) is 0 Å². The highest BCUT2D eigenvalue weighted by molar-refractivity contribution is 5.95. The lowest BCUT2D eigenvalue weighted by Crippen LogP contribution is -2.30. The van der Waals surface area contributed by atoms with E-state index in [0.717, 1.165) is 31.6 Å². The van der Waals surface area contributed by atoms with Gasteiger partial charge in [-0.1, -0.05) is 38.8 Å². The van der Waals surface area contributed by atoms with Gasteiger partial charge in [0.2, 0.25) is 5.91 Å². The summed E-state index contributed by atoms with van der Waals surface area (Å²) in [6.45, 7) is 6.02. The van der Waals surface area contributed by atoms with Gasteiger partial charge in [0.15, 0.2) is 0 Å². The van der Waals surface area contributed by atoms with Gasteiger partial charge in [-0.2, -0.15) is 0 Å². The van der Waals surface area contributed by atoms with E-state index in [2.05, 4.69) is 36.6 Å². The van der Waals surface area contributed by atoms with Crippen LogP contribution >= 0.6 is 0 Å². The Hall–Kier alpha value is -1.35. The summed E-state index contributed by atoms with van der Waals surface area (Å²) in [7, 11) is 0. The average molecular weight is 260 g/mol. The zero-order valence-electron chi connectivity index (χ0n) is 12.0. The molecular formula is C16H24N2O. The van der Waals surface area contributed by atoms with Crippen LogP contribution in [0.1, 0.15) is 45.1 Å². The topological polar surface area (TPSA) is 41.1 Å². The second-order valence-electron chi connectivity index (χ2n) is 5.70. The van der Waals surface area contributed by atoms with Gasteiger partial charge in [0.25, 0.3) is 0 Å². The van der Waals surface area contributed by atoms with Gasteiger partial charge in [-0.15, -0.1) is 0 Å². The number of nitrogens with one attached hydrogen (secondary N) is 2. The standard InChI is InChI=1S/C16H24N2O/c1-3-17-12-13-6-8-14(9-7-13)18-15(19)16(2)10-4-5-11-16/h6-9,17H,3-5,10-12H2,1-2H3,(H,18,19). The Balaban J connectivity index is 1.93. The van der Waals surface area contributed by atoms with E-state index < -0.39 is 0 Å². The average Bonchev–Trinajstić information content (AvgIpc) is 2.86. The monoisotopic (exact) mass is 260 g/mol. The summed E-state index contributed by atoms with van der Waals surface area (Å²) in [6, 6.07) is 8.11. The molecule has 1 fully saturated rings. The number of anilines is 1. The molecule has 2 N–H and O–H groups in total. The van der Waals surface area contributed by atoms with E-state index in [-0.39, 0.29) is 11.3 Å². The summed E-state index contributed by atoms with van der Waals surface area (Å²) in [4.78, 5) is 12.3. The first-order chi connectivity index (χ1) is 9.14. The summed E-state index contributed by atoms with van der Waals surface area (Å²) in [5.74, 6) is 0.171. The van der Waals surface area contributed by atoms with Gasteiger partial charge in [0.1, 0.15) is 0 Å². The largest absolute Gasteiger partial charge is 0.326 e. The molecule has 0 bridgehead atoms. The van der Waals surface area contributed by atoms with E-state index in [4.69, 9.17) is 0 Å². The Morgan fingerprint density at radius 2 is 1.84 bits per heavy atom. The van der Waals surface area contributed by atoms with Crippen LogP contribution in [0.15, 0.2) is 24.3 Å². The first kappa shape index (κ1) is 14.1. The molecule has 1 aromatic carbocycles. The lowest BCUT2D eigenvalue weighted by Gasteiger charge is -2.22. The van der Waals surface area contributed by atoms with Crippen molar-refractivity contribution in [3.05, 3.63) is 29.8 Å². The first-order valence-corrected chi connectivity index (χ1v) is 7.25. The summed E-state index contributed by atoms with van der Waals surface area (Å²) in [5.41, 5.74) is 1.98.